The predicted molar refractivity (Wildman–Crippen MR) is 73.9 cm³/mol. The summed E-state index contributed by atoms with van der Waals surface area (Å²) in [4.78, 5) is 2.42. The number of nitriles is 1. The van der Waals surface area contributed by atoms with Gasteiger partial charge in [0.25, 0.3) is 0 Å². The molecule has 0 saturated carbocycles. The van der Waals surface area contributed by atoms with E-state index in [0.717, 1.165) is 17.4 Å². The zero-order valence-electron chi connectivity index (χ0n) is 10.3. The highest BCUT2D eigenvalue weighted by molar-refractivity contribution is 9.10. The molecule has 0 radical (unpaired) electrons. The second-order valence-electron chi connectivity index (χ2n) is 5.13. The number of hydrogen-bond acceptors (Lipinski definition) is 2. The van der Waals surface area contributed by atoms with Gasteiger partial charge >= 0.3 is 0 Å². The largest absolute Gasteiger partial charge is 0.366 e. The molecule has 1 aromatic carbocycles. The first-order valence-corrected chi connectivity index (χ1v) is 6.75. The maximum atomic E-state index is 8.88. The molecule has 2 nitrogen and oxygen atoms in total. The summed E-state index contributed by atoms with van der Waals surface area (Å²) in [5.41, 5.74) is 1.31. The molecule has 2 rings (SSSR count). The first kappa shape index (κ1) is 12.4. The Hall–Kier alpha value is -1.01. The zero-order chi connectivity index (χ0) is 12.5. The van der Waals surface area contributed by atoms with Crippen LogP contribution in [0.1, 0.15) is 26.7 Å². The van der Waals surface area contributed by atoms with Gasteiger partial charge in [-0.15, -0.1) is 0 Å². The van der Waals surface area contributed by atoms with E-state index in [9.17, 15) is 0 Å². The van der Waals surface area contributed by atoms with Gasteiger partial charge in [-0.3, -0.25) is 0 Å². The number of hydrogen-bond donors (Lipinski definition) is 0. The quantitative estimate of drug-likeness (QED) is 0.825. The summed E-state index contributed by atoms with van der Waals surface area (Å²) < 4.78 is 1.11. The average Bonchev–Trinajstić information content (AvgIpc) is 2.55. The fraction of sp³-hybridized carbons (Fsp3) is 0.500. The van der Waals surface area contributed by atoms with Crippen LogP contribution in [0, 0.1) is 17.2 Å². The Morgan fingerprint density at radius 2 is 2.29 bits per heavy atom. The van der Waals surface area contributed by atoms with Gasteiger partial charge in [0, 0.05) is 28.7 Å². The lowest BCUT2D eigenvalue weighted by molar-refractivity contribution is 0.371. The molecule has 0 bridgehead atoms. The SMILES string of the molecule is CC1(C)C(CC#N)CCN1c1cccc(Br)c1. The van der Waals surface area contributed by atoms with Gasteiger partial charge in [-0.1, -0.05) is 22.0 Å². The molecule has 1 aliphatic rings. The molecule has 90 valence electrons. The van der Waals surface area contributed by atoms with Gasteiger partial charge in [0.05, 0.1) is 6.07 Å². The van der Waals surface area contributed by atoms with Crippen molar-refractivity contribution >= 4 is 21.6 Å². The molecule has 0 aromatic heterocycles. The summed E-state index contributed by atoms with van der Waals surface area (Å²) in [6, 6.07) is 10.7. The minimum Gasteiger partial charge on any atom is -0.366 e. The van der Waals surface area contributed by atoms with Crippen molar-refractivity contribution in [1.82, 2.24) is 0 Å². The van der Waals surface area contributed by atoms with Crippen molar-refractivity contribution < 1.29 is 0 Å². The Balaban J connectivity index is 2.27. The van der Waals surface area contributed by atoms with E-state index in [1.807, 2.05) is 6.07 Å². The van der Waals surface area contributed by atoms with Crippen molar-refractivity contribution in [2.45, 2.75) is 32.2 Å². The van der Waals surface area contributed by atoms with Crippen LogP contribution in [-0.2, 0) is 0 Å². The Morgan fingerprint density at radius 3 is 2.94 bits per heavy atom. The Kier molecular flexibility index (Phi) is 3.44. The van der Waals surface area contributed by atoms with Gasteiger partial charge in [0.15, 0.2) is 0 Å². The maximum Gasteiger partial charge on any atom is 0.0625 e. The Bertz CT molecular complexity index is 448. The Labute approximate surface area is 111 Å². The molecule has 1 aliphatic heterocycles. The number of halogens is 1. The van der Waals surface area contributed by atoms with Gasteiger partial charge in [0.1, 0.15) is 0 Å². The smallest absolute Gasteiger partial charge is 0.0625 e. The van der Waals surface area contributed by atoms with Crippen LogP contribution in [0.3, 0.4) is 0 Å². The lowest BCUT2D eigenvalue weighted by Gasteiger charge is -2.37. The van der Waals surface area contributed by atoms with Crippen LogP contribution in [-0.4, -0.2) is 12.1 Å². The third kappa shape index (κ3) is 2.32. The van der Waals surface area contributed by atoms with Crippen molar-refractivity contribution in [2.24, 2.45) is 5.92 Å². The van der Waals surface area contributed by atoms with Gasteiger partial charge in [-0.05, 0) is 44.4 Å². The van der Waals surface area contributed by atoms with Gasteiger partial charge in [-0.2, -0.15) is 5.26 Å². The third-order valence-electron chi connectivity index (χ3n) is 3.85. The van der Waals surface area contributed by atoms with Crippen LogP contribution < -0.4 is 4.90 Å². The fourth-order valence-corrected chi connectivity index (χ4v) is 3.10. The summed E-state index contributed by atoms with van der Waals surface area (Å²) in [6.45, 7) is 5.52. The molecule has 0 N–H and O–H groups in total. The third-order valence-corrected chi connectivity index (χ3v) is 4.35. The van der Waals surface area contributed by atoms with Crippen LogP contribution in [0.15, 0.2) is 28.7 Å². The highest BCUT2D eigenvalue weighted by atomic mass is 79.9. The zero-order valence-corrected chi connectivity index (χ0v) is 11.9. The number of benzene rings is 1. The first-order valence-electron chi connectivity index (χ1n) is 5.96. The molecule has 1 atom stereocenters. The second-order valence-corrected chi connectivity index (χ2v) is 6.05. The minimum atomic E-state index is 0.0660. The molecular formula is C14H17BrN2. The monoisotopic (exact) mass is 292 g/mol. The predicted octanol–water partition coefficient (Wildman–Crippen LogP) is 3.97. The minimum absolute atomic E-state index is 0.0660. The average molecular weight is 293 g/mol. The van der Waals surface area contributed by atoms with Gasteiger partial charge in [-0.25, -0.2) is 0 Å². The highest BCUT2D eigenvalue weighted by Gasteiger charge is 2.40. The Morgan fingerprint density at radius 1 is 1.53 bits per heavy atom. The number of anilines is 1. The standard InChI is InChI=1S/C14H17BrN2/c1-14(2)11(6-8-16)7-9-17(14)13-5-3-4-12(15)10-13/h3-5,10-11H,6-7,9H2,1-2H3. The first-order chi connectivity index (χ1) is 8.05. The lowest BCUT2D eigenvalue weighted by Crippen LogP contribution is -2.42. The highest BCUT2D eigenvalue weighted by Crippen LogP contribution is 2.40. The summed E-state index contributed by atoms with van der Waals surface area (Å²) in [7, 11) is 0. The summed E-state index contributed by atoms with van der Waals surface area (Å²) in [5.74, 6) is 0.464. The van der Waals surface area contributed by atoms with E-state index in [1.54, 1.807) is 0 Å². The van der Waals surface area contributed by atoms with Crippen molar-refractivity contribution in [1.29, 1.82) is 5.26 Å². The summed E-state index contributed by atoms with van der Waals surface area (Å²) >= 11 is 3.51. The molecule has 0 amide bonds. The van der Waals surface area contributed by atoms with Crippen LogP contribution in [0.4, 0.5) is 5.69 Å². The van der Waals surface area contributed by atoms with E-state index >= 15 is 0 Å². The molecule has 0 spiro atoms. The number of nitrogens with zero attached hydrogens (tertiary/aromatic N) is 2. The molecule has 0 aliphatic carbocycles. The lowest BCUT2D eigenvalue weighted by atomic mass is 9.86. The van der Waals surface area contributed by atoms with E-state index in [-0.39, 0.29) is 5.54 Å². The van der Waals surface area contributed by atoms with Crippen LogP contribution >= 0.6 is 15.9 Å². The van der Waals surface area contributed by atoms with E-state index in [4.69, 9.17) is 5.26 Å². The molecule has 17 heavy (non-hydrogen) atoms. The molecule has 1 heterocycles. The normalized spacial score (nSPS) is 22.5. The topological polar surface area (TPSA) is 27.0 Å². The van der Waals surface area contributed by atoms with Gasteiger partial charge < -0.3 is 4.90 Å². The molecule has 1 saturated heterocycles. The van der Waals surface area contributed by atoms with E-state index in [2.05, 4.69) is 58.9 Å². The molecule has 1 fully saturated rings. The van der Waals surface area contributed by atoms with Crippen molar-refractivity contribution in [3.05, 3.63) is 28.7 Å². The van der Waals surface area contributed by atoms with Crippen LogP contribution in [0.2, 0.25) is 0 Å². The van der Waals surface area contributed by atoms with E-state index in [1.165, 1.54) is 5.69 Å². The maximum absolute atomic E-state index is 8.88. The van der Waals surface area contributed by atoms with Crippen LogP contribution in [0.5, 0.6) is 0 Å². The van der Waals surface area contributed by atoms with E-state index < -0.39 is 0 Å². The van der Waals surface area contributed by atoms with Crippen LogP contribution in [0.25, 0.3) is 0 Å². The van der Waals surface area contributed by atoms with Crippen molar-refractivity contribution in [2.75, 3.05) is 11.4 Å². The van der Waals surface area contributed by atoms with Crippen molar-refractivity contribution in [3.8, 4) is 6.07 Å². The second kappa shape index (κ2) is 4.70. The molecule has 1 unspecified atom stereocenters. The molecule has 1 aromatic rings. The number of rotatable bonds is 2. The molecular weight excluding hydrogens is 276 g/mol. The van der Waals surface area contributed by atoms with Crippen molar-refractivity contribution in [3.63, 3.8) is 0 Å². The van der Waals surface area contributed by atoms with E-state index in [0.29, 0.717) is 12.3 Å². The van der Waals surface area contributed by atoms with Gasteiger partial charge in [0.2, 0.25) is 0 Å². The summed E-state index contributed by atoms with van der Waals surface area (Å²) in [5, 5.41) is 8.88. The molecule has 3 heteroatoms. The summed E-state index contributed by atoms with van der Waals surface area (Å²) in [6.07, 6.45) is 1.75. The fourth-order valence-electron chi connectivity index (χ4n) is 2.71.